The molecule has 3 rings (SSSR count). The molecule has 2 aromatic carbocycles. The van der Waals surface area contributed by atoms with E-state index in [1.165, 1.54) is 40.7 Å². The lowest BCUT2D eigenvalue weighted by Crippen LogP contribution is -2.32. The number of nitrogens with zero attached hydrogens (tertiary/aromatic N) is 1. The largest absolute Gasteiger partial charge is 0.350 e. The molecule has 0 spiro atoms. The number of hydrogen-bond donors (Lipinski definition) is 1. The minimum Gasteiger partial charge on any atom is -0.350 e. The number of fused-ring (bicyclic) bond motifs is 1. The number of carbonyl (C=O) groups is 1. The maximum Gasteiger partial charge on any atom is 0.251 e. The van der Waals surface area contributed by atoms with Gasteiger partial charge < -0.3 is 9.88 Å². The summed E-state index contributed by atoms with van der Waals surface area (Å²) in [4.78, 5) is 12.2. The molecular formula is C21H23FN2O. The maximum absolute atomic E-state index is 12.9. The molecule has 3 aromatic rings. The molecule has 130 valence electrons. The first-order valence-electron chi connectivity index (χ1n) is 8.71. The lowest BCUT2D eigenvalue weighted by Gasteiger charge is -2.13. The Morgan fingerprint density at radius 2 is 1.88 bits per heavy atom. The van der Waals surface area contributed by atoms with Gasteiger partial charge in [-0.3, -0.25) is 4.79 Å². The van der Waals surface area contributed by atoms with E-state index in [0.29, 0.717) is 5.56 Å². The summed E-state index contributed by atoms with van der Waals surface area (Å²) in [6.07, 6.45) is 3.96. The number of nitrogens with one attached hydrogen (secondary N) is 1. The van der Waals surface area contributed by atoms with Gasteiger partial charge in [-0.05, 0) is 62.6 Å². The SMILES string of the molecule is CCn1cc(CC[C@@H](C)NC(=O)c2ccc(F)cc2)c2ccccc21. The molecule has 1 aromatic heterocycles. The van der Waals surface area contributed by atoms with Gasteiger partial charge in [-0.2, -0.15) is 0 Å². The average molecular weight is 338 g/mol. The van der Waals surface area contributed by atoms with Gasteiger partial charge in [-0.1, -0.05) is 18.2 Å². The van der Waals surface area contributed by atoms with E-state index in [-0.39, 0.29) is 17.8 Å². The predicted octanol–water partition coefficient (Wildman–Crippen LogP) is 4.55. The first kappa shape index (κ1) is 17.2. The van der Waals surface area contributed by atoms with Crippen molar-refractivity contribution in [3.8, 4) is 0 Å². The maximum atomic E-state index is 12.9. The number of aryl methyl sites for hydroxylation is 2. The summed E-state index contributed by atoms with van der Waals surface area (Å²) in [5, 5.41) is 4.27. The van der Waals surface area contributed by atoms with Gasteiger partial charge in [-0.15, -0.1) is 0 Å². The van der Waals surface area contributed by atoms with Crippen molar-refractivity contribution in [2.45, 2.75) is 39.3 Å². The summed E-state index contributed by atoms with van der Waals surface area (Å²) in [7, 11) is 0. The molecule has 0 saturated carbocycles. The number of rotatable bonds is 6. The molecule has 0 fully saturated rings. The smallest absolute Gasteiger partial charge is 0.251 e. The monoisotopic (exact) mass is 338 g/mol. The number of hydrogen-bond acceptors (Lipinski definition) is 1. The van der Waals surface area contributed by atoms with Crippen LogP contribution in [-0.2, 0) is 13.0 Å². The topological polar surface area (TPSA) is 34.0 Å². The Bertz CT molecular complexity index is 867. The Kier molecular flexibility index (Phi) is 5.17. The van der Waals surface area contributed by atoms with Gasteiger partial charge in [0, 0.05) is 35.2 Å². The van der Waals surface area contributed by atoms with Gasteiger partial charge in [0.05, 0.1) is 0 Å². The van der Waals surface area contributed by atoms with Crippen LogP contribution in [0.4, 0.5) is 4.39 Å². The zero-order valence-electron chi connectivity index (χ0n) is 14.6. The summed E-state index contributed by atoms with van der Waals surface area (Å²) in [6, 6.07) is 14.1. The van der Waals surface area contributed by atoms with Gasteiger partial charge in [0.1, 0.15) is 5.82 Å². The Morgan fingerprint density at radius 3 is 2.60 bits per heavy atom. The molecule has 1 amide bonds. The van der Waals surface area contributed by atoms with Crippen LogP contribution in [0, 0.1) is 5.82 Å². The van der Waals surface area contributed by atoms with Crippen molar-refractivity contribution < 1.29 is 9.18 Å². The standard InChI is InChI=1S/C21H23FN2O/c1-3-24-14-17(19-6-4-5-7-20(19)24)9-8-15(2)23-21(25)16-10-12-18(22)13-11-16/h4-7,10-15H,3,8-9H2,1-2H3,(H,23,25)/t15-/m1/s1. The number of amides is 1. The van der Waals surface area contributed by atoms with Gasteiger partial charge in [0.15, 0.2) is 0 Å². The molecule has 0 unspecified atom stereocenters. The number of benzene rings is 2. The highest BCUT2D eigenvalue weighted by Crippen LogP contribution is 2.23. The van der Waals surface area contributed by atoms with Gasteiger partial charge in [0.25, 0.3) is 5.91 Å². The van der Waals surface area contributed by atoms with Crippen LogP contribution < -0.4 is 5.32 Å². The molecule has 0 saturated heterocycles. The van der Waals surface area contributed by atoms with E-state index >= 15 is 0 Å². The van der Waals surface area contributed by atoms with E-state index in [0.717, 1.165) is 19.4 Å². The highest BCUT2D eigenvalue weighted by Gasteiger charge is 2.12. The van der Waals surface area contributed by atoms with Crippen molar-refractivity contribution in [1.82, 2.24) is 9.88 Å². The minimum atomic E-state index is -0.336. The predicted molar refractivity (Wildman–Crippen MR) is 99.3 cm³/mol. The molecule has 0 aliphatic heterocycles. The van der Waals surface area contributed by atoms with Crippen molar-refractivity contribution in [3.63, 3.8) is 0 Å². The second-order valence-corrected chi connectivity index (χ2v) is 6.38. The van der Waals surface area contributed by atoms with E-state index in [9.17, 15) is 9.18 Å². The summed E-state index contributed by atoms with van der Waals surface area (Å²) >= 11 is 0. The fraction of sp³-hybridized carbons (Fsp3) is 0.286. The van der Waals surface area contributed by atoms with Crippen LogP contribution >= 0.6 is 0 Å². The van der Waals surface area contributed by atoms with Crippen molar-refractivity contribution in [2.24, 2.45) is 0 Å². The van der Waals surface area contributed by atoms with Gasteiger partial charge >= 0.3 is 0 Å². The second-order valence-electron chi connectivity index (χ2n) is 6.38. The molecule has 3 nitrogen and oxygen atoms in total. The van der Waals surface area contributed by atoms with Crippen LogP contribution in [0.3, 0.4) is 0 Å². The van der Waals surface area contributed by atoms with Crippen LogP contribution in [0.25, 0.3) is 10.9 Å². The van der Waals surface area contributed by atoms with Crippen molar-refractivity contribution >= 4 is 16.8 Å². The Balaban J connectivity index is 1.63. The third kappa shape index (κ3) is 3.90. The fourth-order valence-electron chi connectivity index (χ4n) is 3.14. The Morgan fingerprint density at radius 1 is 1.16 bits per heavy atom. The molecule has 4 heteroatoms. The summed E-state index contributed by atoms with van der Waals surface area (Å²) in [6.45, 7) is 5.08. The molecule has 0 aliphatic rings. The van der Waals surface area contributed by atoms with E-state index < -0.39 is 0 Å². The third-order valence-corrected chi connectivity index (χ3v) is 4.54. The van der Waals surface area contributed by atoms with Gasteiger partial charge in [0.2, 0.25) is 0 Å². The number of carbonyl (C=O) groups excluding carboxylic acids is 1. The molecule has 0 bridgehead atoms. The number of aromatic nitrogens is 1. The van der Waals surface area contributed by atoms with Crippen LogP contribution in [0.5, 0.6) is 0 Å². The summed E-state index contributed by atoms with van der Waals surface area (Å²) < 4.78 is 15.2. The zero-order chi connectivity index (χ0) is 17.8. The van der Waals surface area contributed by atoms with Crippen molar-refractivity contribution in [2.75, 3.05) is 0 Å². The highest BCUT2D eigenvalue weighted by atomic mass is 19.1. The molecule has 25 heavy (non-hydrogen) atoms. The lowest BCUT2D eigenvalue weighted by atomic mass is 10.0. The highest BCUT2D eigenvalue weighted by molar-refractivity contribution is 5.94. The number of halogens is 1. The Hall–Kier alpha value is -2.62. The summed E-state index contributed by atoms with van der Waals surface area (Å²) in [5.74, 6) is -0.500. The second kappa shape index (κ2) is 7.51. The molecule has 1 atom stereocenters. The summed E-state index contributed by atoms with van der Waals surface area (Å²) in [5.41, 5.74) is 3.04. The third-order valence-electron chi connectivity index (χ3n) is 4.54. The normalized spacial score (nSPS) is 12.3. The molecule has 0 radical (unpaired) electrons. The van der Waals surface area contributed by atoms with Gasteiger partial charge in [-0.25, -0.2) is 4.39 Å². The Labute approximate surface area is 147 Å². The minimum absolute atomic E-state index is 0.0429. The van der Waals surface area contributed by atoms with Crippen LogP contribution in [-0.4, -0.2) is 16.5 Å². The van der Waals surface area contributed by atoms with Crippen molar-refractivity contribution in [1.29, 1.82) is 0 Å². The van der Waals surface area contributed by atoms with E-state index in [4.69, 9.17) is 0 Å². The number of para-hydroxylation sites is 1. The molecule has 1 N–H and O–H groups in total. The van der Waals surface area contributed by atoms with E-state index in [1.807, 2.05) is 6.92 Å². The molecule has 1 heterocycles. The van der Waals surface area contributed by atoms with Crippen LogP contribution in [0.1, 0.15) is 36.2 Å². The molecule has 0 aliphatic carbocycles. The average Bonchev–Trinajstić information content (AvgIpc) is 2.98. The first-order chi connectivity index (χ1) is 12.1. The van der Waals surface area contributed by atoms with Crippen LogP contribution in [0.15, 0.2) is 54.7 Å². The fourth-order valence-corrected chi connectivity index (χ4v) is 3.14. The van der Waals surface area contributed by atoms with Crippen LogP contribution in [0.2, 0.25) is 0 Å². The lowest BCUT2D eigenvalue weighted by molar-refractivity contribution is 0.0938. The zero-order valence-corrected chi connectivity index (χ0v) is 14.6. The molecular weight excluding hydrogens is 315 g/mol. The van der Waals surface area contributed by atoms with E-state index in [2.05, 4.69) is 47.3 Å². The first-order valence-corrected chi connectivity index (χ1v) is 8.71. The van der Waals surface area contributed by atoms with E-state index in [1.54, 1.807) is 0 Å². The quantitative estimate of drug-likeness (QED) is 0.703. The van der Waals surface area contributed by atoms with Crippen molar-refractivity contribution in [3.05, 3.63) is 71.7 Å².